The Morgan fingerprint density at radius 3 is 2.13 bits per heavy atom. The van der Waals surface area contributed by atoms with Crippen LogP contribution in [-0.2, 0) is 16.6 Å². The summed E-state index contributed by atoms with van der Waals surface area (Å²) in [4.78, 5) is 12.8. The molecule has 0 aliphatic carbocycles. The number of sulfonamides is 1. The SMILES string of the molecule is CC(C)Oc1ccc(NC(=O)c2ccc(CN(C)S(=O)(=O)c3ccccc3)cc2)cc1. The van der Waals surface area contributed by atoms with E-state index in [1.165, 1.54) is 11.4 Å². The molecule has 0 heterocycles. The van der Waals surface area contributed by atoms with E-state index in [1.807, 2.05) is 26.0 Å². The van der Waals surface area contributed by atoms with Crippen LogP contribution in [-0.4, -0.2) is 31.8 Å². The highest BCUT2D eigenvalue weighted by Crippen LogP contribution is 2.19. The van der Waals surface area contributed by atoms with Crippen LogP contribution in [0.5, 0.6) is 5.75 Å². The van der Waals surface area contributed by atoms with Crippen LogP contribution in [0.25, 0.3) is 0 Å². The largest absolute Gasteiger partial charge is 0.491 e. The fourth-order valence-corrected chi connectivity index (χ4v) is 4.15. The van der Waals surface area contributed by atoms with Gasteiger partial charge in [-0.25, -0.2) is 8.42 Å². The van der Waals surface area contributed by atoms with Gasteiger partial charge in [-0.2, -0.15) is 4.31 Å². The first-order chi connectivity index (χ1) is 14.8. The Bertz CT molecular complexity index is 1110. The maximum Gasteiger partial charge on any atom is 0.255 e. The monoisotopic (exact) mass is 438 g/mol. The molecule has 6 nitrogen and oxygen atoms in total. The van der Waals surface area contributed by atoms with Gasteiger partial charge in [-0.05, 0) is 67.9 Å². The van der Waals surface area contributed by atoms with Crippen LogP contribution in [0.15, 0.2) is 83.8 Å². The summed E-state index contributed by atoms with van der Waals surface area (Å²) < 4.78 is 32.2. The molecular weight excluding hydrogens is 412 g/mol. The molecule has 0 aliphatic heterocycles. The molecule has 0 unspecified atom stereocenters. The van der Waals surface area contributed by atoms with Gasteiger partial charge in [-0.1, -0.05) is 30.3 Å². The van der Waals surface area contributed by atoms with E-state index in [-0.39, 0.29) is 23.5 Å². The van der Waals surface area contributed by atoms with E-state index in [0.717, 1.165) is 11.3 Å². The van der Waals surface area contributed by atoms with Crippen molar-refractivity contribution in [1.82, 2.24) is 4.31 Å². The number of carbonyl (C=O) groups excluding carboxylic acids is 1. The predicted molar refractivity (Wildman–Crippen MR) is 122 cm³/mol. The lowest BCUT2D eigenvalue weighted by Crippen LogP contribution is -2.26. The third kappa shape index (κ3) is 5.93. The fraction of sp³-hybridized carbons (Fsp3) is 0.208. The highest BCUT2D eigenvalue weighted by atomic mass is 32.2. The summed E-state index contributed by atoms with van der Waals surface area (Å²) in [5, 5.41) is 2.84. The summed E-state index contributed by atoms with van der Waals surface area (Å²) in [5.41, 5.74) is 1.94. The zero-order valence-electron chi connectivity index (χ0n) is 17.8. The van der Waals surface area contributed by atoms with Gasteiger partial charge in [-0.15, -0.1) is 0 Å². The normalized spacial score (nSPS) is 11.5. The standard InChI is InChI=1S/C24H26N2O4S/c1-18(2)30-22-15-13-21(14-16-22)25-24(27)20-11-9-19(10-12-20)17-26(3)31(28,29)23-7-5-4-6-8-23/h4-16,18H,17H2,1-3H3,(H,25,27). The maximum absolute atomic E-state index is 12.7. The lowest BCUT2D eigenvalue weighted by Gasteiger charge is -2.17. The van der Waals surface area contributed by atoms with Gasteiger partial charge in [0.15, 0.2) is 0 Å². The summed E-state index contributed by atoms with van der Waals surface area (Å²) in [5.74, 6) is 0.501. The molecule has 0 spiro atoms. The predicted octanol–water partition coefficient (Wildman–Crippen LogP) is 4.55. The number of hydrogen-bond acceptors (Lipinski definition) is 4. The van der Waals surface area contributed by atoms with E-state index in [0.29, 0.717) is 11.3 Å². The third-order valence-corrected chi connectivity index (χ3v) is 6.37. The Hall–Kier alpha value is -3.16. The van der Waals surface area contributed by atoms with Crippen molar-refractivity contribution in [2.75, 3.05) is 12.4 Å². The number of ether oxygens (including phenoxy) is 1. The number of carbonyl (C=O) groups is 1. The third-order valence-electron chi connectivity index (χ3n) is 4.56. The smallest absolute Gasteiger partial charge is 0.255 e. The summed E-state index contributed by atoms with van der Waals surface area (Å²) in [7, 11) is -2.03. The van der Waals surface area contributed by atoms with Gasteiger partial charge in [0.05, 0.1) is 11.0 Å². The van der Waals surface area contributed by atoms with Gasteiger partial charge in [0, 0.05) is 24.8 Å². The van der Waals surface area contributed by atoms with Crippen LogP contribution in [0.2, 0.25) is 0 Å². The Balaban J connectivity index is 1.62. The molecule has 0 fully saturated rings. The number of nitrogens with zero attached hydrogens (tertiary/aromatic N) is 1. The lowest BCUT2D eigenvalue weighted by molar-refractivity contribution is 0.102. The van der Waals surface area contributed by atoms with E-state index in [9.17, 15) is 13.2 Å². The molecule has 0 saturated carbocycles. The lowest BCUT2D eigenvalue weighted by atomic mass is 10.1. The zero-order valence-corrected chi connectivity index (χ0v) is 18.6. The van der Waals surface area contributed by atoms with Crippen molar-refractivity contribution >= 4 is 21.6 Å². The molecule has 3 rings (SSSR count). The maximum atomic E-state index is 12.7. The number of anilines is 1. The summed E-state index contributed by atoms with van der Waals surface area (Å²) in [6.45, 7) is 4.11. The minimum atomic E-state index is -3.57. The van der Waals surface area contributed by atoms with Gasteiger partial charge in [0.1, 0.15) is 5.75 Å². The van der Waals surface area contributed by atoms with Gasteiger partial charge < -0.3 is 10.1 Å². The van der Waals surface area contributed by atoms with Crippen molar-refractivity contribution in [2.45, 2.75) is 31.4 Å². The van der Waals surface area contributed by atoms with Crippen LogP contribution < -0.4 is 10.1 Å². The van der Waals surface area contributed by atoms with Crippen LogP contribution in [0.4, 0.5) is 5.69 Å². The molecule has 0 aliphatic rings. The number of benzene rings is 3. The van der Waals surface area contributed by atoms with Crippen molar-refractivity contribution in [2.24, 2.45) is 0 Å². The molecule has 0 saturated heterocycles. The van der Waals surface area contributed by atoms with Crippen molar-refractivity contribution in [3.05, 3.63) is 90.0 Å². The van der Waals surface area contributed by atoms with Crippen molar-refractivity contribution in [3.63, 3.8) is 0 Å². The highest BCUT2D eigenvalue weighted by Gasteiger charge is 2.20. The van der Waals surface area contributed by atoms with Gasteiger partial charge in [0.25, 0.3) is 5.91 Å². The van der Waals surface area contributed by atoms with Crippen molar-refractivity contribution < 1.29 is 17.9 Å². The second kappa shape index (κ2) is 9.76. The molecule has 3 aromatic carbocycles. The first-order valence-corrected chi connectivity index (χ1v) is 11.4. The molecule has 0 radical (unpaired) electrons. The molecule has 3 aromatic rings. The topological polar surface area (TPSA) is 75.7 Å². The second-order valence-corrected chi connectivity index (χ2v) is 9.46. The zero-order chi connectivity index (χ0) is 22.4. The average Bonchev–Trinajstić information content (AvgIpc) is 2.76. The molecule has 0 atom stereocenters. The number of hydrogen-bond donors (Lipinski definition) is 1. The van der Waals surface area contributed by atoms with E-state index in [2.05, 4.69) is 5.32 Å². The Morgan fingerprint density at radius 2 is 1.55 bits per heavy atom. The number of rotatable bonds is 8. The first kappa shape index (κ1) is 22.5. The Labute approximate surface area is 183 Å². The van der Waals surface area contributed by atoms with E-state index in [4.69, 9.17) is 4.74 Å². The molecule has 1 amide bonds. The van der Waals surface area contributed by atoms with E-state index in [1.54, 1.807) is 66.7 Å². The highest BCUT2D eigenvalue weighted by molar-refractivity contribution is 7.89. The van der Waals surface area contributed by atoms with Crippen LogP contribution in [0, 0.1) is 0 Å². The fourth-order valence-electron chi connectivity index (χ4n) is 2.97. The molecular formula is C24H26N2O4S. The number of nitrogens with one attached hydrogen (secondary N) is 1. The van der Waals surface area contributed by atoms with Crippen LogP contribution in [0.1, 0.15) is 29.8 Å². The van der Waals surface area contributed by atoms with Gasteiger partial charge >= 0.3 is 0 Å². The molecule has 1 N–H and O–H groups in total. The summed E-state index contributed by atoms with van der Waals surface area (Å²) in [6.07, 6.45) is 0.0840. The number of amides is 1. The first-order valence-electron chi connectivity index (χ1n) is 9.94. The summed E-state index contributed by atoms with van der Waals surface area (Å²) >= 11 is 0. The van der Waals surface area contributed by atoms with Crippen molar-refractivity contribution in [3.8, 4) is 5.75 Å². The molecule has 7 heteroatoms. The van der Waals surface area contributed by atoms with Gasteiger partial charge in [-0.3, -0.25) is 4.79 Å². The Morgan fingerprint density at radius 1 is 0.935 bits per heavy atom. The van der Waals surface area contributed by atoms with Gasteiger partial charge in [0.2, 0.25) is 10.0 Å². The summed E-state index contributed by atoms with van der Waals surface area (Å²) in [6, 6.07) is 22.4. The quantitative estimate of drug-likeness (QED) is 0.560. The molecule has 0 bridgehead atoms. The second-order valence-electron chi connectivity index (χ2n) is 7.42. The van der Waals surface area contributed by atoms with Crippen molar-refractivity contribution in [1.29, 1.82) is 0 Å². The molecule has 31 heavy (non-hydrogen) atoms. The minimum Gasteiger partial charge on any atom is -0.491 e. The van der Waals surface area contributed by atoms with E-state index < -0.39 is 10.0 Å². The van der Waals surface area contributed by atoms with Crippen LogP contribution >= 0.6 is 0 Å². The Kier molecular flexibility index (Phi) is 7.09. The average molecular weight is 439 g/mol. The molecule has 162 valence electrons. The molecule has 0 aromatic heterocycles. The van der Waals surface area contributed by atoms with Crippen LogP contribution in [0.3, 0.4) is 0 Å². The minimum absolute atomic E-state index is 0.0840. The van der Waals surface area contributed by atoms with E-state index >= 15 is 0 Å².